The Labute approximate surface area is 118 Å². The van der Waals surface area contributed by atoms with E-state index in [0.29, 0.717) is 23.5 Å². The molecule has 0 radical (unpaired) electrons. The van der Waals surface area contributed by atoms with Gasteiger partial charge in [0.1, 0.15) is 11.5 Å². The van der Waals surface area contributed by atoms with Crippen LogP contribution < -0.4 is 9.47 Å². The Morgan fingerprint density at radius 3 is 2.85 bits per heavy atom. The average Bonchev–Trinajstić information content (AvgIpc) is 2.94. The van der Waals surface area contributed by atoms with Crippen LogP contribution in [0.5, 0.6) is 11.5 Å². The lowest BCUT2D eigenvalue weighted by Crippen LogP contribution is -2.06. The number of carbonyl (C=O) groups is 1. The number of fused-ring (bicyclic) bond motifs is 1. The largest absolute Gasteiger partial charge is 0.496 e. The fourth-order valence-corrected chi connectivity index (χ4v) is 2.54. The number of hydrogen-bond acceptors (Lipinski definition) is 3. The van der Waals surface area contributed by atoms with Gasteiger partial charge >= 0.3 is 0 Å². The lowest BCUT2D eigenvalue weighted by atomic mass is 9.98. The van der Waals surface area contributed by atoms with Gasteiger partial charge in [0.25, 0.3) is 0 Å². The number of ether oxygens (including phenoxy) is 2. The predicted octanol–water partition coefficient (Wildman–Crippen LogP) is 3.17. The van der Waals surface area contributed by atoms with Crippen molar-refractivity contribution in [1.29, 1.82) is 0 Å². The van der Waals surface area contributed by atoms with E-state index in [1.54, 1.807) is 7.11 Å². The van der Waals surface area contributed by atoms with Crippen molar-refractivity contribution in [3.63, 3.8) is 0 Å². The zero-order chi connectivity index (χ0) is 14.1. The van der Waals surface area contributed by atoms with Gasteiger partial charge in [-0.3, -0.25) is 4.79 Å². The summed E-state index contributed by atoms with van der Waals surface area (Å²) in [6, 6.07) is 11.3. The van der Waals surface area contributed by atoms with Crippen molar-refractivity contribution >= 4 is 5.78 Å². The lowest BCUT2D eigenvalue weighted by molar-refractivity contribution is 0.103. The van der Waals surface area contributed by atoms with Gasteiger partial charge in [-0.1, -0.05) is 23.8 Å². The molecule has 0 N–H and O–H groups in total. The summed E-state index contributed by atoms with van der Waals surface area (Å²) in [7, 11) is 1.58. The van der Waals surface area contributed by atoms with Crippen LogP contribution in [0.2, 0.25) is 0 Å². The van der Waals surface area contributed by atoms with Crippen LogP contribution in [-0.4, -0.2) is 19.5 Å². The van der Waals surface area contributed by atoms with Gasteiger partial charge in [0.05, 0.1) is 24.8 Å². The first kappa shape index (κ1) is 12.7. The van der Waals surface area contributed by atoms with Crippen LogP contribution in [0.1, 0.15) is 27.0 Å². The minimum absolute atomic E-state index is 0.0516. The maximum absolute atomic E-state index is 12.8. The number of rotatable bonds is 3. The quantitative estimate of drug-likeness (QED) is 0.802. The lowest BCUT2D eigenvalue weighted by Gasteiger charge is -2.11. The molecule has 3 heteroatoms. The first-order valence-electron chi connectivity index (χ1n) is 6.64. The number of para-hydroxylation sites is 1. The van der Waals surface area contributed by atoms with Crippen LogP contribution in [0.3, 0.4) is 0 Å². The Bertz CT molecular complexity index is 670. The number of carbonyl (C=O) groups excluding carboxylic acids is 1. The highest BCUT2D eigenvalue weighted by Gasteiger charge is 2.23. The molecule has 0 saturated carbocycles. The molecule has 0 aromatic heterocycles. The second-order valence-electron chi connectivity index (χ2n) is 4.93. The van der Waals surface area contributed by atoms with Crippen molar-refractivity contribution < 1.29 is 14.3 Å². The number of ketones is 1. The third kappa shape index (κ3) is 2.05. The number of benzene rings is 2. The zero-order valence-electron chi connectivity index (χ0n) is 11.6. The molecule has 0 bridgehead atoms. The predicted molar refractivity (Wildman–Crippen MR) is 76.8 cm³/mol. The maximum atomic E-state index is 12.8. The van der Waals surface area contributed by atoms with E-state index in [1.165, 1.54) is 0 Å². The van der Waals surface area contributed by atoms with Crippen LogP contribution in [0.15, 0.2) is 36.4 Å². The first-order valence-corrected chi connectivity index (χ1v) is 6.64. The third-order valence-corrected chi connectivity index (χ3v) is 3.56. The van der Waals surface area contributed by atoms with Gasteiger partial charge < -0.3 is 9.47 Å². The number of aryl methyl sites for hydroxylation is 1. The normalized spacial score (nSPS) is 12.7. The van der Waals surface area contributed by atoms with Crippen molar-refractivity contribution in [2.24, 2.45) is 0 Å². The summed E-state index contributed by atoms with van der Waals surface area (Å²) in [4.78, 5) is 12.8. The molecular weight excluding hydrogens is 252 g/mol. The van der Waals surface area contributed by atoms with Crippen LogP contribution in [0, 0.1) is 6.92 Å². The molecule has 102 valence electrons. The summed E-state index contributed by atoms with van der Waals surface area (Å²) in [6.45, 7) is 2.60. The zero-order valence-corrected chi connectivity index (χ0v) is 11.6. The maximum Gasteiger partial charge on any atom is 0.200 e. The number of methoxy groups -OCH3 is 1. The van der Waals surface area contributed by atoms with Gasteiger partial charge in [0.2, 0.25) is 0 Å². The standard InChI is InChI=1S/C17H16O3/c1-11-6-7-15(19-2)14(10-11)16(18)13-5-3-4-12-8-9-20-17(12)13/h3-7,10H,8-9H2,1-2H3. The molecule has 0 spiro atoms. The first-order chi connectivity index (χ1) is 9.70. The summed E-state index contributed by atoms with van der Waals surface area (Å²) in [6.07, 6.45) is 0.863. The fourth-order valence-electron chi connectivity index (χ4n) is 2.54. The molecule has 20 heavy (non-hydrogen) atoms. The van der Waals surface area contributed by atoms with Gasteiger partial charge in [-0.2, -0.15) is 0 Å². The molecule has 0 atom stereocenters. The molecular formula is C17H16O3. The number of hydrogen-bond donors (Lipinski definition) is 0. The molecule has 3 rings (SSSR count). The molecule has 3 nitrogen and oxygen atoms in total. The van der Waals surface area contributed by atoms with Gasteiger partial charge in [0, 0.05) is 6.42 Å². The van der Waals surface area contributed by atoms with Gasteiger partial charge in [-0.15, -0.1) is 0 Å². The molecule has 0 fully saturated rings. The molecule has 1 aliphatic rings. The van der Waals surface area contributed by atoms with E-state index < -0.39 is 0 Å². The molecule has 0 unspecified atom stereocenters. The molecule has 0 aliphatic carbocycles. The van der Waals surface area contributed by atoms with E-state index in [0.717, 1.165) is 23.3 Å². The van der Waals surface area contributed by atoms with Crippen LogP contribution in [0.4, 0.5) is 0 Å². The average molecular weight is 268 g/mol. The Hall–Kier alpha value is -2.29. The van der Waals surface area contributed by atoms with Crippen molar-refractivity contribution in [1.82, 2.24) is 0 Å². The monoisotopic (exact) mass is 268 g/mol. The molecule has 1 heterocycles. The molecule has 0 saturated heterocycles. The van der Waals surface area contributed by atoms with Gasteiger partial charge in [0.15, 0.2) is 5.78 Å². The Kier molecular flexibility index (Phi) is 3.18. The summed E-state index contributed by atoms with van der Waals surface area (Å²) in [5.41, 5.74) is 3.32. The van der Waals surface area contributed by atoms with Crippen molar-refractivity contribution in [2.45, 2.75) is 13.3 Å². The Morgan fingerprint density at radius 2 is 2.05 bits per heavy atom. The third-order valence-electron chi connectivity index (χ3n) is 3.56. The topological polar surface area (TPSA) is 35.5 Å². The van der Waals surface area contributed by atoms with Crippen LogP contribution >= 0.6 is 0 Å². The van der Waals surface area contributed by atoms with E-state index in [4.69, 9.17) is 9.47 Å². The molecule has 1 aliphatic heterocycles. The Morgan fingerprint density at radius 1 is 1.20 bits per heavy atom. The van der Waals surface area contributed by atoms with E-state index in [9.17, 15) is 4.79 Å². The van der Waals surface area contributed by atoms with Crippen molar-refractivity contribution in [3.8, 4) is 11.5 Å². The summed E-state index contributed by atoms with van der Waals surface area (Å²) >= 11 is 0. The second kappa shape index (κ2) is 5.00. The minimum atomic E-state index is -0.0516. The van der Waals surface area contributed by atoms with Crippen molar-refractivity contribution in [2.75, 3.05) is 13.7 Å². The van der Waals surface area contributed by atoms with Gasteiger partial charge in [-0.25, -0.2) is 0 Å². The van der Waals surface area contributed by atoms with E-state index in [2.05, 4.69) is 0 Å². The SMILES string of the molecule is COc1ccc(C)cc1C(=O)c1cccc2c1OCC2. The Balaban J connectivity index is 2.10. The highest BCUT2D eigenvalue weighted by molar-refractivity contribution is 6.12. The van der Waals surface area contributed by atoms with Crippen LogP contribution in [-0.2, 0) is 6.42 Å². The highest BCUT2D eigenvalue weighted by atomic mass is 16.5. The van der Waals surface area contributed by atoms with E-state index >= 15 is 0 Å². The van der Waals surface area contributed by atoms with Crippen molar-refractivity contribution in [3.05, 3.63) is 58.7 Å². The highest BCUT2D eigenvalue weighted by Crippen LogP contribution is 2.33. The van der Waals surface area contributed by atoms with E-state index in [1.807, 2.05) is 43.3 Å². The molecule has 2 aromatic rings. The summed E-state index contributed by atoms with van der Waals surface area (Å²) in [5, 5.41) is 0. The molecule has 0 amide bonds. The van der Waals surface area contributed by atoms with Gasteiger partial charge in [-0.05, 0) is 30.7 Å². The van der Waals surface area contributed by atoms with E-state index in [-0.39, 0.29) is 5.78 Å². The minimum Gasteiger partial charge on any atom is -0.496 e. The smallest absolute Gasteiger partial charge is 0.200 e. The summed E-state index contributed by atoms with van der Waals surface area (Å²) in [5.74, 6) is 1.27. The molecule has 2 aromatic carbocycles. The van der Waals surface area contributed by atoms with Crippen LogP contribution in [0.25, 0.3) is 0 Å². The summed E-state index contributed by atoms with van der Waals surface area (Å²) < 4.78 is 10.9. The second-order valence-corrected chi connectivity index (χ2v) is 4.93. The fraction of sp³-hybridized carbons (Fsp3) is 0.235.